The molecule has 0 fully saturated rings. The van der Waals surface area contributed by atoms with E-state index in [1.54, 1.807) is 0 Å². The molecule has 0 radical (unpaired) electrons. The zero-order valence-electron chi connectivity index (χ0n) is 11.7. The zero-order chi connectivity index (χ0) is 13.5. The van der Waals surface area contributed by atoms with Gasteiger partial charge >= 0.3 is 5.97 Å². The summed E-state index contributed by atoms with van der Waals surface area (Å²) in [7, 11) is 0. The van der Waals surface area contributed by atoms with E-state index in [0.29, 0.717) is 5.75 Å². The van der Waals surface area contributed by atoms with E-state index in [2.05, 4.69) is 13.8 Å². The lowest BCUT2D eigenvalue weighted by molar-refractivity contribution is -0.131. The molecule has 1 heterocycles. The highest BCUT2D eigenvalue weighted by atomic mass is 16.5. The Morgan fingerprint density at radius 1 is 1.33 bits per heavy atom. The first-order chi connectivity index (χ1) is 8.30. The zero-order valence-corrected chi connectivity index (χ0v) is 11.7. The average Bonchev–Trinajstić information content (AvgIpc) is 2.26. The van der Waals surface area contributed by atoms with Gasteiger partial charge in [-0.15, -0.1) is 0 Å². The number of ether oxygens (including phenoxy) is 2. The molecule has 1 aliphatic heterocycles. The van der Waals surface area contributed by atoms with Crippen LogP contribution in [0.1, 0.15) is 43.9 Å². The molecular formula is C15H20O3. The first kappa shape index (κ1) is 12.9. The monoisotopic (exact) mass is 248 g/mol. The van der Waals surface area contributed by atoms with Crippen LogP contribution in [-0.4, -0.2) is 11.6 Å². The highest BCUT2D eigenvalue weighted by molar-refractivity contribution is 5.70. The molecule has 0 aliphatic carbocycles. The summed E-state index contributed by atoms with van der Waals surface area (Å²) in [6.07, 6.45) is 1.93. The fourth-order valence-corrected chi connectivity index (χ4v) is 2.28. The van der Waals surface area contributed by atoms with Crippen LogP contribution in [-0.2, 0) is 11.2 Å². The number of carbonyl (C=O) groups excluding carboxylic acids is 1. The molecule has 0 unspecified atom stereocenters. The van der Waals surface area contributed by atoms with Crippen molar-refractivity contribution in [2.75, 3.05) is 0 Å². The number of aryl methyl sites for hydroxylation is 1. The molecule has 0 saturated carbocycles. The molecule has 0 saturated heterocycles. The molecule has 2 rings (SSSR count). The van der Waals surface area contributed by atoms with E-state index < -0.39 is 0 Å². The molecule has 1 aromatic carbocycles. The van der Waals surface area contributed by atoms with Gasteiger partial charge in [-0.05, 0) is 63.3 Å². The van der Waals surface area contributed by atoms with Crippen molar-refractivity contribution in [2.24, 2.45) is 0 Å². The number of hydrogen-bond donors (Lipinski definition) is 0. The topological polar surface area (TPSA) is 35.5 Å². The molecular weight excluding hydrogens is 228 g/mol. The van der Waals surface area contributed by atoms with Gasteiger partial charge < -0.3 is 9.47 Å². The fraction of sp³-hybridized carbons (Fsp3) is 0.533. The van der Waals surface area contributed by atoms with E-state index in [0.717, 1.165) is 35.3 Å². The number of rotatable bonds is 1. The highest BCUT2D eigenvalue weighted by Crippen LogP contribution is 2.40. The molecule has 0 spiro atoms. The van der Waals surface area contributed by atoms with Gasteiger partial charge in [0.1, 0.15) is 17.1 Å². The van der Waals surface area contributed by atoms with Crippen molar-refractivity contribution in [1.29, 1.82) is 0 Å². The van der Waals surface area contributed by atoms with E-state index in [-0.39, 0.29) is 11.6 Å². The standard InChI is InChI=1S/C15H20O3/c1-9-10(2)14-12(6-7-15(4,5)18-14)8-13(9)17-11(3)16/h8H,6-7H2,1-5H3. The van der Waals surface area contributed by atoms with Crippen LogP contribution in [0.5, 0.6) is 11.5 Å². The summed E-state index contributed by atoms with van der Waals surface area (Å²) >= 11 is 0. The Morgan fingerprint density at radius 3 is 2.61 bits per heavy atom. The Kier molecular flexibility index (Phi) is 3.09. The SMILES string of the molecule is CC(=O)Oc1cc2c(c(C)c1C)OC(C)(C)CC2. The first-order valence-electron chi connectivity index (χ1n) is 6.31. The minimum Gasteiger partial charge on any atom is -0.487 e. The number of hydrogen-bond acceptors (Lipinski definition) is 3. The second-order valence-corrected chi connectivity index (χ2v) is 5.57. The van der Waals surface area contributed by atoms with Crippen molar-refractivity contribution < 1.29 is 14.3 Å². The second-order valence-electron chi connectivity index (χ2n) is 5.57. The third-order valence-corrected chi connectivity index (χ3v) is 3.50. The van der Waals surface area contributed by atoms with Gasteiger partial charge in [0.2, 0.25) is 0 Å². The van der Waals surface area contributed by atoms with Gasteiger partial charge in [0.15, 0.2) is 0 Å². The third kappa shape index (κ3) is 2.35. The van der Waals surface area contributed by atoms with E-state index in [4.69, 9.17) is 9.47 Å². The third-order valence-electron chi connectivity index (χ3n) is 3.50. The maximum Gasteiger partial charge on any atom is 0.308 e. The van der Waals surface area contributed by atoms with Crippen molar-refractivity contribution in [3.63, 3.8) is 0 Å². The van der Waals surface area contributed by atoms with Crippen LogP contribution in [0.3, 0.4) is 0 Å². The Balaban J connectivity index is 2.48. The van der Waals surface area contributed by atoms with Gasteiger partial charge in [-0.3, -0.25) is 4.79 Å². The van der Waals surface area contributed by atoms with Crippen LogP contribution < -0.4 is 9.47 Å². The second kappa shape index (κ2) is 4.30. The molecule has 0 atom stereocenters. The smallest absolute Gasteiger partial charge is 0.308 e. The van der Waals surface area contributed by atoms with E-state index in [1.165, 1.54) is 6.92 Å². The summed E-state index contributed by atoms with van der Waals surface area (Å²) in [6.45, 7) is 9.60. The minimum atomic E-state index is -0.283. The summed E-state index contributed by atoms with van der Waals surface area (Å²) in [4.78, 5) is 11.1. The quantitative estimate of drug-likeness (QED) is 0.565. The highest BCUT2D eigenvalue weighted by Gasteiger charge is 2.29. The lowest BCUT2D eigenvalue weighted by Gasteiger charge is -2.34. The summed E-state index contributed by atoms with van der Waals surface area (Å²) in [6, 6.07) is 1.94. The lowest BCUT2D eigenvalue weighted by Crippen LogP contribution is -2.33. The number of carbonyl (C=O) groups is 1. The van der Waals surface area contributed by atoms with Crippen molar-refractivity contribution in [1.82, 2.24) is 0 Å². The Bertz CT molecular complexity index is 501. The average molecular weight is 248 g/mol. The Hall–Kier alpha value is -1.51. The van der Waals surface area contributed by atoms with Gasteiger partial charge in [-0.1, -0.05) is 0 Å². The Labute approximate surface area is 108 Å². The molecule has 1 aliphatic rings. The van der Waals surface area contributed by atoms with E-state index >= 15 is 0 Å². The van der Waals surface area contributed by atoms with E-state index in [1.807, 2.05) is 19.9 Å². The van der Waals surface area contributed by atoms with Gasteiger partial charge in [0.05, 0.1) is 0 Å². The predicted molar refractivity (Wildman–Crippen MR) is 70.3 cm³/mol. The molecule has 3 nitrogen and oxygen atoms in total. The summed E-state index contributed by atoms with van der Waals surface area (Å²) in [5.74, 6) is 1.33. The summed E-state index contributed by atoms with van der Waals surface area (Å²) in [5.41, 5.74) is 3.06. The van der Waals surface area contributed by atoms with Crippen molar-refractivity contribution in [2.45, 2.75) is 53.1 Å². The molecule has 0 aromatic heterocycles. The lowest BCUT2D eigenvalue weighted by atomic mass is 9.91. The van der Waals surface area contributed by atoms with Crippen LogP contribution in [0.25, 0.3) is 0 Å². The Morgan fingerprint density at radius 2 is 2.00 bits per heavy atom. The normalized spacial score (nSPS) is 16.7. The fourth-order valence-electron chi connectivity index (χ4n) is 2.28. The maximum atomic E-state index is 11.1. The molecule has 0 N–H and O–H groups in total. The number of esters is 1. The maximum absolute atomic E-state index is 11.1. The van der Waals surface area contributed by atoms with Gasteiger partial charge in [-0.2, -0.15) is 0 Å². The molecule has 3 heteroatoms. The molecule has 98 valence electrons. The van der Waals surface area contributed by atoms with Gasteiger partial charge in [0, 0.05) is 6.92 Å². The van der Waals surface area contributed by atoms with Crippen molar-refractivity contribution in [3.8, 4) is 11.5 Å². The van der Waals surface area contributed by atoms with Crippen LogP contribution in [0, 0.1) is 13.8 Å². The minimum absolute atomic E-state index is 0.118. The summed E-state index contributed by atoms with van der Waals surface area (Å²) < 4.78 is 11.3. The first-order valence-corrected chi connectivity index (χ1v) is 6.31. The van der Waals surface area contributed by atoms with Gasteiger partial charge in [-0.25, -0.2) is 0 Å². The van der Waals surface area contributed by atoms with Crippen LogP contribution >= 0.6 is 0 Å². The van der Waals surface area contributed by atoms with Gasteiger partial charge in [0.25, 0.3) is 0 Å². The predicted octanol–water partition coefficient (Wildman–Crippen LogP) is 3.33. The molecule has 18 heavy (non-hydrogen) atoms. The van der Waals surface area contributed by atoms with Crippen LogP contribution in [0.15, 0.2) is 6.07 Å². The van der Waals surface area contributed by atoms with Crippen LogP contribution in [0.4, 0.5) is 0 Å². The molecule has 1 aromatic rings. The number of fused-ring (bicyclic) bond motifs is 1. The van der Waals surface area contributed by atoms with E-state index in [9.17, 15) is 4.79 Å². The largest absolute Gasteiger partial charge is 0.487 e. The molecule has 0 bridgehead atoms. The van der Waals surface area contributed by atoms with Crippen molar-refractivity contribution in [3.05, 3.63) is 22.8 Å². The molecule has 0 amide bonds. The van der Waals surface area contributed by atoms with Crippen LogP contribution in [0.2, 0.25) is 0 Å². The van der Waals surface area contributed by atoms with Crippen molar-refractivity contribution >= 4 is 5.97 Å². The number of benzene rings is 1. The summed E-state index contributed by atoms with van der Waals surface area (Å²) in [5, 5.41) is 0.